The fourth-order valence-electron chi connectivity index (χ4n) is 3.24. The van der Waals surface area contributed by atoms with Gasteiger partial charge in [0.05, 0.1) is 31.7 Å². The lowest BCUT2D eigenvalue weighted by Gasteiger charge is -2.21. The zero-order chi connectivity index (χ0) is 21.0. The van der Waals surface area contributed by atoms with E-state index in [1.807, 2.05) is 14.1 Å². The van der Waals surface area contributed by atoms with Crippen LogP contribution in [0.15, 0.2) is 41.2 Å². The quantitative estimate of drug-likeness (QED) is 0.631. The monoisotopic (exact) mass is 396 g/mol. The van der Waals surface area contributed by atoms with Crippen molar-refractivity contribution in [1.82, 2.24) is 14.9 Å². The fraction of sp³-hybridized carbons (Fsp3) is 0.364. The number of anilines is 1. The number of H-pyrrole nitrogens is 1. The highest BCUT2D eigenvalue weighted by molar-refractivity contribution is 5.81. The van der Waals surface area contributed by atoms with Gasteiger partial charge in [-0.1, -0.05) is 19.1 Å². The molecule has 0 amide bonds. The summed E-state index contributed by atoms with van der Waals surface area (Å²) in [4.78, 5) is 24.4. The Hall–Kier alpha value is -3.06. The van der Waals surface area contributed by atoms with E-state index in [1.165, 1.54) is 11.3 Å². The Labute approximate surface area is 170 Å². The molecule has 2 aromatic carbocycles. The third-order valence-electron chi connectivity index (χ3n) is 4.94. The van der Waals surface area contributed by atoms with E-state index in [4.69, 9.17) is 9.47 Å². The van der Waals surface area contributed by atoms with Crippen LogP contribution in [0.3, 0.4) is 0 Å². The molecule has 29 heavy (non-hydrogen) atoms. The SMILES string of the molecule is CCN(Cc1ccc(N(C)C)cc1)Cc1nc2cc(OC)c(OC)cc2c(=O)[nH]1. The van der Waals surface area contributed by atoms with Crippen LogP contribution in [-0.4, -0.2) is 49.7 Å². The molecule has 154 valence electrons. The molecule has 0 aliphatic carbocycles. The normalized spacial score (nSPS) is 11.1. The van der Waals surface area contributed by atoms with Crippen molar-refractivity contribution in [3.05, 3.63) is 58.1 Å². The minimum absolute atomic E-state index is 0.183. The van der Waals surface area contributed by atoms with E-state index in [0.29, 0.717) is 34.8 Å². The third-order valence-corrected chi connectivity index (χ3v) is 4.94. The number of nitrogens with one attached hydrogen (secondary N) is 1. The highest BCUT2D eigenvalue weighted by Crippen LogP contribution is 2.30. The number of methoxy groups -OCH3 is 2. The van der Waals surface area contributed by atoms with E-state index in [2.05, 4.69) is 51.0 Å². The second-order valence-electron chi connectivity index (χ2n) is 7.10. The Morgan fingerprint density at radius 1 is 1.00 bits per heavy atom. The van der Waals surface area contributed by atoms with Gasteiger partial charge in [0.25, 0.3) is 5.56 Å². The van der Waals surface area contributed by atoms with Crippen molar-refractivity contribution in [3.63, 3.8) is 0 Å². The van der Waals surface area contributed by atoms with Gasteiger partial charge in [0, 0.05) is 32.4 Å². The first-order chi connectivity index (χ1) is 13.9. The standard InChI is InChI=1S/C22H28N4O3/c1-6-26(13-15-7-9-16(10-8-15)25(2)3)14-21-23-18-12-20(29-5)19(28-4)11-17(18)22(27)24-21/h7-12H,6,13-14H2,1-5H3,(H,23,24,27). The molecule has 1 aromatic heterocycles. The Morgan fingerprint density at radius 2 is 1.66 bits per heavy atom. The Morgan fingerprint density at radius 3 is 2.24 bits per heavy atom. The Bertz CT molecular complexity index is 1030. The maximum Gasteiger partial charge on any atom is 0.258 e. The van der Waals surface area contributed by atoms with E-state index >= 15 is 0 Å². The van der Waals surface area contributed by atoms with Gasteiger partial charge in [0.1, 0.15) is 5.82 Å². The molecule has 0 aliphatic rings. The minimum Gasteiger partial charge on any atom is -0.493 e. The summed E-state index contributed by atoms with van der Waals surface area (Å²) in [6.07, 6.45) is 0. The summed E-state index contributed by atoms with van der Waals surface area (Å²) in [5.74, 6) is 1.69. The van der Waals surface area contributed by atoms with Gasteiger partial charge >= 0.3 is 0 Å². The van der Waals surface area contributed by atoms with E-state index in [9.17, 15) is 4.79 Å². The van der Waals surface area contributed by atoms with E-state index < -0.39 is 0 Å². The number of ether oxygens (including phenoxy) is 2. The number of fused-ring (bicyclic) bond motifs is 1. The van der Waals surface area contributed by atoms with Crippen molar-refractivity contribution in [1.29, 1.82) is 0 Å². The molecule has 0 bridgehead atoms. The number of benzene rings is 2. The minimum atomic E-state index is -0.183. The smallest absolute Gasteiger partial charge is 0.258 e. The molecular weight excluding hydrogens is 368 g/mol. The van der Waals surface area contributed by atoms with Crippen LogP contribution in [0.1, 0.15) is 18.3 Å². The molecule has 0 saturated heterocycles. The molecule has 1 N–H and O–H groups in total. The largest absolute Gasteiger partial charge is 0.493 e. The molecule has 7 heteroatoms. The van der Waals surface area contributed by atoms with Crippen LogP contribution >= 0.6 is 0 Å². The Balaban J connectivity index is 1.84. The van der Waals surface area contributed by atoms with Crippen LogP contribution in [0.2, 0.25) is 0 Å². The number of aromatic amines is 1. The van der Waals surface area contributed by atoms with Gasteiger partial charge in [-0.2, -0.15) is 0 Å². The zero-order valence-electron chi connectivity index (χ0n) is 17.7. The molecular formula is C22H28N4O3. The van der Waals surface area contributed by atoms with Crippen LogP contribution < -0.4 is 19.9 Å². The molecule has 3 aromatic rings. The number of rotatable bonds is 8. The van der Waals surface area contributed by atoms with Gasteiger partial charge < -0.3 is 19.4 Å². The average molecular weight is 396 g/mol. The van der Waals surface area contributed by atoms with Crippen molar-refractivity contribution >= 4 is 16.6 Å². The molecule has 3 rings (SSSR count). The molecule has 0 atom stereocenters. The number of hydrogen-bond donors (Lipinski definition) is 1. The van der Waals surface area contributed by atoms with Crippen molar-refractivity contribution < 1.29 is 9.47 Å². The number of hydrogen-bond acceptors (Lipinski definition) is 6. The van der Waals surface area contributed by atoms with E-state index in [1.54, 1.807) is 26.4 Å². The topological polar surface area (TPSA) is 70.7 Å². The predicted octanol–water partition coefficient (Wildman–Crippen LogP) is 3.03. The second kappa shape index (κ2) is 8.96. The first-order valence-corrected chi connectivity index (χ1v) is 9.58. The lowest BCUT2D eigenvalue weighted by molar-refractivity contribution is 0.264. The molecule has 0 aliphatic heterocycles. The third kappa shape index (κ3) is 4.68. The maximum atomic E-state index is 12.6. The van der Waals surface area contributed by atoms with Crippen LogP contribution in [0.4, 0.5) is 5.69 Å². The van der Waals surface area contributed by atoms with Crippen molar-refractivity contribution in [2.75, 3.05) is 39.8 Å². The van der Waals surface area contributed by atoms with E-state index in [0.717, 1.165) is 13.1 Å². The first-order valence-electron chi connectivity index (χ1n) is 9.58. The van der Waals surface area contributed by atoms with E-state index in [-0.39, 0.29) is 5.56 Å². The van der Waals surface area contributed by atoms with Gasteiger partial charge in [-0.05, 0) is 30.3 Å². The first kappa shape index (κ1) is 20.7. The maximum absolute atomic E-state index is 12.6. The van der Waals surface area contributed by atoms with Gasteiger partial charge in [-0.25, -0.2) is 4.98 Å². The van der Waals surface area contributed by atoms with Gasteiger partial charge in [-0.15, -0.1) is 0 Å². The number of nitrogens with zero attached hydrogens (tertiary/aromatic N) is 3. The highest BCUT2D eigenvalue weighted by Gasteiger charge is 2.13. The summed E-state index contributed by atoms with van der Waals surface area (Å²) >= 11 is 0. The zero-order valence-corrected chi connectivity index (χ0v) is 17.7. The van der Waals surface area contributed by atoms with Crippen molar-refractivity contribution in [2.45, 2.75) is 20.0 Å². The molecule has 0 fully saturated rings. The van der Waals surface area contributed by atoms with Crippen molar-refractivity contribution in [2.24, 2.45) is 0 Å². The van der Waals surface area contributed by atoms with Gasteiger partial charge in [0.15, 0.2) is 11.5 Å². The lowest BCUT2D eigenvalue weighted by Crippen LogP contribution is -2.25. The van der Waals surface area contributed by atoms with Crippen LogP contribution in [0.25, 0.3) is 10.9 Å². The summed E-state index contributed by atoms with van der Waals surface area (Å²) in [7, 11) is 7.17. The number of aromatic nitrogens is 2. The second-order valence-corrected chi connectivity index (χ2v) is 7.10. The highest BCUT2D eigenvalue weighted by atomic mass is 16.5. The molecule has 0 radical (unpaired) electrons. The lowest BCUT2D eigenvalue weighted by atomic mass is 10.2. The van der Waals surface area contributed by atoms with Crippen LogP contribution in [-0.2, 0) is 13.1 Å². The van der Waals surface area contributed by atoms with Crippen LogP contribution in [0.5, 0.6) is 11.5 Å². The molecule has 7 nitrogen and oxygen atoms in total. The average Bonchev–Trinajstić information content (AvgIpc) is 2.72. The predicted molar refractivity (Wildman–Crippen MR) is 116 cm³/mol. The van der Waals surface area contributed by atoms with Crippen molar-refractivity contribution in [3.8, 4) is 11.5 Å². The summed E-state index contributed by atoms with van der Waals surface area (Å²) in [6, 6.07) is 11.9. The molecule has 0 saturated carbocycles. The summed E-state index contributed by atoms with van der Waals surface area (Å²) in [6.45, 7) is 4.26. The van der Waals surface area contributed by atoms with Crippen LogP contribution in [0, 0.1) is 0 Å². The summed E-state index contributed by atoms with van der Waals surface area (Å²) in [5.41, 5.74) is 2.79. The fourth-order valence-corrected chi connectivity index (χ4v) is 3.24. The molecule has 0 spiro atoms. The van der Waals surface area contributed by atoms with Gasteiger partial charge in [-0.3, -0.25) is 9.69 Å². The molecule has 1 heterocycles. The Kier molecular flexibility index (Phi) is 6.39. The van der Waals surface area contributed by atoms with Gasteiger partial charge in [0.2, 0.25) is 0 Å². The molecule has 0 unspecified atom stereocenters. The summed E-state index contributed by atoms with van der Waals surface area (Å²) < 4.78 is 10.6. The summed E-state index contributed by atoms with van der Waals surface area (Å²) in [5, 5.41) is 0.480.